The summed E-state index contributed by atoms with van der Waals surface area (Å²) in [5.74, 6) is 5.07. The summed E-state index contributed by atoms with van der Waals surface area (Å²) in [5, 5.41) is 4.82. The van der Waals surface area contributed by atoms with Crippen LogP contribution in [0.1, 0.15) is 13.8 Å². The van der Waals surface area contributed by atoms with Crippen molar-refractivity contribution in [3.05, 3.63) is 12.7 Å². The first-order valence-electron chi connectivity index (χ1n) is 2.91. The molecule has 0 aliphatic rings. The van der Waals surface area contributed by atoms with Crippen LogP contribution in [0.15, 0.2) is 17.8 Å². The van der Waals surface area contributed by atoms with Gasteiger partial charge < -0.3 is 0 Å². The van der Waals surface area contributed by atoms with E-state index in [1.54, 1.807) is 13.1 Å². The fourth-order valence-corrected chi connectivity index (χ4v) is 0.152. The lowest BCUT2D eigenvalue weighted by molar-refractivity contribution is 0.374. The minimum atomic E-state index is 1.21. The molecule has 0 aromatic heterocycles. The topological polar surface area (TPSA) is 41.6 Å². The van der Waals surface area contributed by atoms with E-state index in [1.807, 2.05) is 13.8 Å². The molecule has 9 heavy (non-hydrogen) atoms. The molecule has 0 aliphatic heterocycles. The van der Waals surface area contributed by atoms with E-state index in [4.69, 9.17) is 5.84 Å². The molecule has 3 heteroatoms. The smallest absolute Gasteiger partial charge is 0.0480 e. The van der Waals surface area contributed by atoms with Crippen LogP contribution in [0.3, 0.4) is 0 Å². The molecule has 0 rings (SSSR count). The monoisotopic (exact) mass is 129 g/mol. The second kappa shape index (κ2) is 10.2. The highest BCUT2D eigenvalue weighted by molar-refractivity contribution is 5.69. The maximum atomic E-state index is 5.07. The Kier molecular flexibility index (Phi) is 12.5. The average Bonchev–Trinajstić information content (AvgIpc) is 1.88. The standard InChI is InChI=1S/C4H9N3.C2H6/c1-3-4-6-7(2)5;1-2/h3-4H,1,5H2,2H3;1-2H3/b6-4-;. The van der Waals surface area contributed by atoms with E-state index < -0.39 is 0 Å². The maximum absolute atomic E-state index is 5.07. The van der Waals surface area contributed by atoms with Crippen LogP contribution in [0, 0.1) is 0 Å². The van der Waals surface area contributed by atoms with Crippen molar-refractivity contribution in [2.45, 2.75) is 13.8 Å². The van der Waals surface area contributed by atoms with Crippen molar-refractivity contribution in [2.75, 3.05) is 7.05 Å². The minimum absolute atomic E-state index is 1.21. The molecule has 54 valence electrons. The van der Waals surface area contributed by atoms with Crippen LogP contribution in [-0.2, 0) is 0 Å². The molecule has 0 aromatic rings. The van der Waals surface area contributed by atoms with Gasteiger partial charge >= 0.3 is 0 Å². The van der Waals surface area contributed by atoms with Crippen molar-refractivity contribution in [1.82, 2.24) is 5.12 Å². The normalized spacial score (nSPS) is 8.00. The molecule has 0 atom stereocenters. The summed E-state index contributed by atoms with van der Waals surface area (Å²) in [5.41, 5.74) is 0. The van der Waals surface area contributed by atoms with Gasteiger partial charge in [0, 0.05) is 13.3 Å². The Morgan fingerprint density at radius 2 is 2.00 bits per heavy atom. The van der Waals surface area contributed by atoms with Gasteiger partial charge in [-0.1, -0.05) is 20.4 Å². The van der Waals surface area contributed by atoms with Crippen molar-refractivity contribution < 1.29 is 0 Å². The molecule has 0 unspecified atom stereocenters. The van der Waals surface area contributed by atoms with E-state index in [1.165, 1.54) is 11.3 Å². The molecule has 3 nitrogen and oxygen atoms in total. The Balaban J connectivity index is 0. The number of hydrogen-bond acceptors (Lipinski definition) is 3. The summed E-state index contributed by atoms with van der Waals surface area (Å²) in [6, 6.07) is 0. The molecule has 0 heterocycles. The maximum Gasteiger partial charge on any atom is 0.0480 e. The van der Waals surface area contributed by atoms with Gasteiger partial charge in [-0.05, 0) is 6.08 Å². The Labute approximate surface area is 56.8 Å². The molecule has 0 aliphatic carbocycles. The lowest BCUT2D eigenvalue weighted by Crippen LogP contribution is -2.18. The first-order chi connectivity index (χ1) is 4.27. The molecular formula is C6H15N3. The molecule has 0 aromatic carbocycles. The van der Waals surface area contributed by atoms with E-state index in [-0.39, 0.29) is 0 Å². The van der Waals surface area contributed by atoms with Crippen molar-refractivity contribution in [3.8, 4) is 0 Å². The molecular weight excluding hydrogens is 114 g/mol. The van der Waals surface area contributed by atoms with Crippen LogP contribution in [-0.4, -0.2) is 18.4 Å². The third-order valence-electron chi connectivity index (χ3n) is 0.354. The van der Waals surface area contributed by atoms with E-state index in [9.17, 15) is 0 Å². The lowest BCUT2D eigenvalue weighted by Gasteiger charge is -1.98. The molecule has 0 saturated heterocycles. The predicted molar refractivity (Wildman–Crippen MR) is 42.0 cm³/mol. The molecule has 0 radical (unpaired) electrons. The zero-order valence-electron chi connectivity index (χ0n) is 6.33. The molecule has 0 amide bonds. The summed E-state index contributed by atoms with van der Waals surface area (Å²) in [6.07, 6.45) is 3.07. The molecule has 0 spiro atoms. The van der Waals surface area contributed by atoms with Crippen LogP contribution in [0.4, 0.5) is 0 Å². The first kappa shape index (κ1) is 11.0. The number of nitrogens with two attached hydrogens (primary N) is 1. The summed E-state index contributed by atoms with van der Waals surface area (Å²) in [7, 11) is 1.64. The van der Waals surface area contributed by atoms with Crippen LogP contribution in [0.5, 0.6) is 0 Å². The van der Waals surface area contributed by atoms with Crippen LogP contribution in [0.2, 0.25) is 0 Å². The summed E-state index contributed by atoms with van der Waals surface area (Å²) in [4.78, 5) is 0. The third-order valence-corrected chi connectivity index (χ3v) is 0.354. The predicted octanol–water partition coefficient (Wildman–Crippen LogP) is 0.990. The number of rotatable bonds is 2. The average molecular weight is 129 g/mol. The largest absolute Gasteiger partial charge is 0.236 e. The Hall–Kier alpha value is -0.830. The molecule has 0 bridgehead atoms. The fraction of sp³-hybridized carbons (Fsp3) is 0.500. The highest BCUT2D eigenvalue weighted by Gasteiger charge is 1.67. The number of hydrazone groups is 1. The fourth-order valence-electron chi connectivity index (χ4n) is 0.152. The van der Waals surface area contributed by atoms with Gasteiger partial charge in [0.2, 0.25) is 0 Å². The highest BCUT2D eigenvalue weighted by Crippen LogP contribution is 1.64. The molecule has 0 saturated carbocycles. The zero-order chi connectivity index (χ0) is 7.70. The number of allylic oxidation sites excluding steroid dienone is 1. The molecule has 0 fully saturated rings. The van der Waals surface area contributed by atoms with Gasteiger partial charge in [-0.2, -0.15) is 5.10 Å². The Bertz CT molecular complexity index is 76.4. The lowest BCUT2D eigenvalue weighted by atomic mass is 10.7. The number of hydrazine groups is 1. The van der Waals surface area contributed by atoms with E-state index in [0.29, 0.717) is 0 Å². The summed E-state index contributed by atoms with van der Waals surface area (Å²) < 4.78 is 0. The minimum Gasteiger partial charge on any atom is -0.236 e. The van der Waals surface area contributed by atoms with E-state index >= 15 is 0 Å². The third kappa shape index (κ3) is 19.1. The summed E-state index contributed by atoms with van der Waals surface area (Å²) in [6.45, 7) is 7.40. The van der Waals surface area contributed by atoms with E-state index in [0.717, 1.165) is 0 Å². The second-order valence-corrected chi connectivity index (χ2v) is 1.07. The van der Waals surface area contributed by atoms with Crippen molar-refractivity contribution in [3.63, 3.8) is 0 Å². The van der Waals surface area contributed by atoms with Gasteiger partial charge in [0.25, 0.3) is 0 Å². The summed E-state index contributed by atoms with van der Waals surface area (Å²) >= 11 is 0. The van der Waals surface area contributed by atoms with E-state index in [2.05, 4.69) is 11.7 Å². The van der Waals surface area contributed by atoms with Gasteiger partial charge in [0.15, 0.2) is 0 Å². The SMILES string of the molecule is C=C/C=N\N(C)N.CC. The van der Waals surface area contributed by atoms with Gasteiger partial charge in [-0.15, -0.1) is 0 Å². The second-order valence-electron chi connectivity index (χ2n) is 1.07. The highest BCUT2D eigenvalue weighted by atomic mass is 15.6. The van der Waals surface area contributed by atoms with Gasteiger partial charge in [0.1, 0.15) is 0 Å². The van der Waals surface area contributed by atoms with Crippen molar-refractivity contribution >= 4 is 6.21 Å². The van der Waals surface area contributed by atoms with Crippen LogP contribution < -0.4 is 5.84 Å². The van der Waals surface area contributed by atoms with Gasteiger partial charge in [-0.3, -0.25) is 0 Å². The van der Waals surface area contributed by atoms with Crippen molar-refractivity contribution in [2.24, 2.45) is 10.9 Å². The Morgan fingerprint density at radius 3 is 2.11 bits per heavy atom. The Morgan fingerprint density at radius 1 is 1.56 bits per heavy atom. The van der Waals surface area contributed by atoms with Crippen LogP contribution >= 0.6 is 0 Å². The van der Waals surface area contributed by atoms with Gasteiger partial charge in [-0.25, -0.2) is 11.0 Å². The number of nitrogens with zero attached hydrogens (tertiary/aromatic N) is 2. The zero-order valence-corrected chi connectivity index (χ0v) is 6.33. The first-order valence-corrected chi connectivity index (χ1v) is 2.91. The van der Waals surface area contributed by atoms with Crippen LogP contribution in [0.25, 0.3) is 0 Å². The molecule has 2 N–H and O–H groups in total. The number of hydrogen-bond donors (Lipinski definition) is 1. The van der Waals surface area contributed by atoms with Gasteiger partial charge in [0.05, 0.1) is 0 Å². The van der Waals surface area contributed by atoms with Crippen molar-refractivity contribution in [1.29, 1.82) is 0 Å². The quantitative estimate of drug-likeness (QED) is 0.343.